The highest BCUT2D eigenvalue weighted by Gasteiger charge is 2.30. The summed E-state index contributed by atoms with van der Waals surface area (Å²) in [6.45, 7) is 3.40. The molecule has 2 aliphatic rings. The van der Waals surface area contributed by atoms with E-state index >= 15 is 0 Å². The molecule has 1 fully saturated rings. The summed E-state index contributed by atoms with van der Waals surface area (Å²) in [4.78, 5) is 25.6. The molecule has 1 saturated heterocycles. The van der Waals surface area contributed by atoms with Crippen LogP contribution < -0.4 is 11.1 Å². The zero-order valence-electron chi connectivity index (χ0n) is 11.6. The van der Waals surface area contributed by atoms with Gasteiger partial charge in [-0.2, -0.15) is 0 Å². The minimum Gasteiger partial charge on any atom is -0.337 e. The van der Waals surface area contributed by atoms with Gasteiger partial charge >= 0.3 is 0 Å². The Balaban J connectivity index is 1.81. The molecule has 1 aromatic rings. The van der Waals surface area contributed by atoms with E-state index in [0.717, 1.165) is 11.3 Å². The lowest BCUT2D eigenvalue weighted by Gasteiger charge is -2.20. The van der Waals surface area contributed by atoms with E-state index in [1.54, 1.807) is 6.07 Å². The summed E-state index contributed by atoms with van der Waals surface area (Å²) in [6.07, 6.45) is 1.18. The summed E-state index contributed by atoms with van der Waals surface area (Å²) in [7, 11) is 0. The maximum atomic E-state index is 12.5. The molecule has 2 atom stereocenters. The number of nitrogens with two attached hydrogens (primary N) is 1. The van der Waals surface area contributed by atoms with Gasteiger partial charge in [0, 0.05) is 36.8 Å². The van der Waals surface area contributed by atoms with E-state index in [4.69, 9.17) is 5.73 Å². The predicted octanol–water partition coefficient (Wildman–Crippen LogP) is 0.990. The van der Waals surface area contributed by atoms with Crippen molar-refractivity contribution in [3.63, 3.8) is 0 Å². The Labute approximate surface area is 118 Å². The third-order valence-electron chi connectivity index (χ3n) is 4.21. The first-order valence-electron chi connectivity index (χ1n) is 7.02. The van der Waals surface area contributed by atoms with E-state index in [0.29, 0.717) is 37.4 Å². The van der Waals surface area contributed by atoms with E-state index < -0.39 is 0 Å². The lowest BCUT2D eigenvalue weighted by molar-refractivity contribution is -0.116. The number of carbonyl (C=O) groups is 2. The molecule has 5 nitrogen and oxygen atoms in total. The highest BCUT2D eigenvalue weighted by molar-refractivity contribution is 5.98. The molecule has 3 N–H and O–H groups in total. The Bertz CT molecular complexity index is 560. The summed E-state index contributed by atoms with van der Waals surface area (Å²) >= 11 is 0. The van der Waals surface area contributed by atoms with Gasteiger partial charge in [-0.15, -0.1) is 0 Å². The van der Waals surface area contributed by atoms with Crippen LogP contribution in [0.4, 0.5) is 5.69 Å². The van der Waals surface area contributed by atoms with Gasteiger partial charge in [-0.05, 0) is 36.1 Å². The Kier molecular flexibility index (Phi) is 3.22. The molecule has 0 bridgehead atoms. The molecule has 1 aromatic carbocycles. The normalized spacial score (nSPS) is 25.3. The Hall–Kier alpha value is -1.88. The number of fused-ring (bicyclic) bond motifs is 1. The second-order valence-corrected chi connectivity index (χ2v) is 5.77. The van der Waals surface area contributed by atoms with Crippen LogP contribution in [-0.4, -0.2) is 35.8 Å². The summed E-state index contributed by atoms with van der Waals surface area (Å²) in [6, 6.07) is 5.56. The van der Waals surface area contributed by atoms with Crippen LogP contribution >= 0.6 is 0 Å². The Morgan fingerprint density at radius 1 is 1.35 bits per heavy atom. The van der Waals surface area contributed by atoms with Crippen LogP contribution in [0.1, 0.15) is 29.3 Å². The number of aryl methyl sites for hydroxylation is 1. The molecular formula is C15H19N3O2. The van der Waals surface area contributed by atoms with Gasteiger partial charge in [-0.3, -0.25) is 9.59 Å². The number of carbonyl (C=O) groups excluding carboxylic acids is 2. The Morgan fingerprint density at radius 3 is 2.85 bits per heavy atom. The number of anilines is 1. The van der Waals surface area contributed by atoms with Crippen LogP contribution in [0.25, 0.3) is 0 Å². The zero-order chi connectivity index (χ0) is 14.3. The number of hydrogen-bond donors (Lipinski definition) is 2. The van der Waals surface area contributed by atoms with Gasteiger partial charge < -0.3 is 16.0 Å². The third kappa shape index (κ3) is 2.29. The average Bonchev–Trinajstić information content (AvgIpc) is 2.77. The van der Waals surface area contributed by atoms with E-state index in [1.165, 1.54) is 0 Å². The molecular weight excluding hydrogens is 254 g/mol. The largest absolute Gasteiger partial charge is 0.337 e. The molecule has 0 aliphatic carbocycles. The van der Waals surface area contributed by atoms with E-state index in [-0.39, 0.29) is 17.9 Å². The van der Waals surface area contributed by atoms with Crippen molar-refractivity contribution in [1.82, 2.24) is 4.90 Å². The fraction of sp³-hybridized carbons (Fsp3) is 0.467. The second-order valence-electron chi connectivity index (χ2n) is 5.77. The molecule has 2 heterocycles. The number of amides is 2. The van der Waals surface area contributed by atoms with Crippen molar-refractivity contribution in [2.75, 3.05) is 18.4 Å². The van der Waals surface area contributed by atoms with Gasteiger partial charge in [-0.25, -0.2) is 0 Å². The topological polar surface area (TPSA) is 75.4 Å². The Morgan fingerprint density at radius 2 is 2.15 bits per heavy atom. The molecule has 0 radical (unpaired) electrons. The highest BCUT2D eigenvalue weighted by Crippen LogP contribution is 2.25. The van der Waals surface area contributed by atoms with Gasteiger partial charge in [0.15, 0.2) is 0 Å². The summed E-state index contributed by atoms with van der Waals surface area (Å²) in [5.74, 6) is 0.413. The SMILES string of the molecule is CC1CN(C(=O)c2ccc3c(c2)CCC(=O)N3)CC1N. The average molecular weight is 273 g/mol. The van der Waals surface area contributed by atoms with Crippen LogP contribution in [0.2, 0.25) is 0 Å². The predicted molar refractivity (Wildman–Crippen MR) is 76.4 cm³/mol. The van der Waals surface area contributed by atoms with Gasteiger partial charge in [0.05, 0.1) is 0 Å². The molecule has 2 amide bonds. The van der Waals surface area contributed by atoms with E-state index in [1.807, 2.05) is 17.0 Å². The van der Waals surface area contributed by atoms with Crippen molar-refractivity contribution in [1.29, 1.82) is 0 Å². The van der Waals surface area contributed by atoms with Crippen molar-refractivity contribution < 1.29 is 9.59 Å². The van der Waals surface area contributed by atoms with Crippen molar-refractivity contribution in [2.45, 2.75) is 25.8 Å². The lowest BCUT2D eigenvalue weighted by atomic mass is 10.00. The van der Waals surface area contributed by atoms with E-state index in [9.17, 15) is 9.59 Å². The zero-order valence-corrected chi connectivity index (χ0v) is 11.6. The quantitative estimate of drug-likeness (QED) is 0.801. The second kappa shape index (κ2) is 4.90. The number of nitrogens with one attached hydrogen (secondary N) is 1. The smallest absolute Gasteiger partial charge is 0.253 e. The lowest BCUT2D eigenvalue weighted by Crippen LogP contribution is -2.32. The van der Waals surface area contributed by atoms with Crippen molar-refractivity contribution in [3.05, 3.63) is 29.3 Å². The molecule has 0 aromatic heterocycles. The fourth-order valence-electron chi connectivity index (χ4n) is 2.86. The van der Waals surface area contributed by atoms with Gasteiger partial charge in [0.1, 0.15) is 0 Å². The van der Waals surface area contributed by atoms with Crippen LogP contribution in [0.15, 0.2) is 18.2 Å². The molecule has 3 rings (SSSR count). The number of hydrogen-bond acceptors (Lipinski definition) is 3. The summed E-state index contributed by atoms with van der Waals surface area (Å²) in [5.41, 5.74) is 8.51. The van der Waals surface area contributed by atoms with Crippen molar-refractivity contribution in [2.24, 2.45) is 11.7 Å². The van der Waals surface area contributed by atoms with Crippen LogP contribution in [-0.2, 0) is 11.2 Å². The van der Waals surface area contributed by atoms with Crippen LogP contribution in [0.3, 0.4) is 0 Å². The molecule has 0 spiro atoms. The van der Waals surface area contributed by atoms with E-state index in [2.05, 4.69) is 12.2 Å². The number of benzene rings is 1. The van der Waals surface area contributed by atoms with Crippen molar-refractivity contribution >= 4 is 17.5 Å². The van der Waals surface area contributed by atoms with Crippen molar-refractivity contribution in [3.8, 4) is 0 Å². The molecule has 5 heteroatoms. The first-order chi connectivity index (χ1) is 9.54. The molecule has 106 valence electrons. The number of rotatable bonds is 1. The third-order valence-corrected chi connectivity index (χ3v) is 4.21. The molecule has 0 saturated carbocycles. The van der Waals surface area contributed by atoms with Gasteiger partial charge in [0.2, 0.25) is 5.91 Å². The van der Waals surface area contributed by atoms with Crippen LogP contribution in [0, 0.1) is 5.92 Å². The standard InChI is InChI=1S/C15H19N3O2/c1-9-7-18(8-12(9)16)15(20)11-2-4-13-10(6-11)3-5-14(19)17-13/h2,4,6,9,12H,3,5,7-8,16H2,1H3,(H,17,19). The number of likely N-dealkylation sites (tertiary alicyclic amines) is 1. The molecule has 2 unspecified atom stereocenters. The molecule has 20 heavy (non-hydrogen) atoms. The first-order valence-corrected chi connectivity index (χ1v) is 7.02. The molecule has 2 aliphatic heterocycles. The summed E-state index contributed by atoms with van der Waals surface area (Å²) < 4.78 is 0. The maximum absolute atomic E-state index is 12.5. The maximum Gasteiger partial charge on any atom is 0.253 e. The monoisotopic (exact) mass is 273 g/mol. The minimum atomic E-state index is 0.0319. The minimum absolute atomic E-state index is 0.0319. The number of nitrogens with zero attached hydrogens (tertiary/aromatic N) is 1. The fourth-order valence-corrected chi connectivity index (χ4v) is 2.86. The van der Waals surface area contributed by atoms with Gasteiger partial charge in [-0.1, -0.05) is 6.92 Å². The van der Waals surface area contributed by atoms with Gasteiger partial charge in [0.25, 0.3) is 5.91 Å². The highest BCUT2D eigenvalue weighted by atomic mass is 16.2. The summed E-state index contributed by atoms with van der Waals surface area (Å²) in [5, 5.41) is 2.83. The van der Waals surface area contributed by atoms with Crippen LogP contribution in [0.5, 0.6) is 0 Å². The first kappa shape index (κ1) is 13.1.